The number of pyridine rings is 1. The molecule has 4 nitrogen and oxygen atoms in total. The highest BCUT2D eigenvalue weighted by molar-refractivity contribution is 7.92. The molecule has 0 unspecified atom stereocenters. The van der Waals surface area contributed by atoms with Gasteiger partial charge in [-0.3, -0.25) is 4.31 Å². The van der Waals surface area contributed by atoms with E-state index in [4.69, 9.17) is 11.6 Å². The SMILES string of the molecule is Cc1ccc(C)c(N(C(C)C)S(=O)(=O)c2cnc(Cl)c(C)c2)c1. The molecule has 6 heteroatoms. The van der Waals surface area contributed by atoms with E-state index in [1.54, 1.807) is 13.0 Å². The normalized spacial score (nSPS) is 11.8. The summed E-state index contributed by atoms with van der Waals surface area (Å²) in [6, 6.07) is 7.13. The van der Waals surface area contributed by atoms with Gasteiger partial charge in [0.15, 0.2) is 0 Å². The molecule has 2 rings (SSSR count). The minimum absolute atomic E-state index is 0.147. The lowest BCUT2D eigenvalue weighted by atomic mass is 10.1. The molecule has 0 spiro atoms. The molecular weight excluding hydrogens is 332 g/mol. The standard InChI is InChI=1S/C17H21ClN2O2S/c1-11(2)20(16-8-12(3)6-7-13(16)4)23(21,22)15-9-14(5)17(18)19-10-15/h6-11H,1-5H3. The first-order valence-corrected chi connectivity index (χ1v) is 9.20. The lowest BCUT2D eigenvalue weighted by Crippen LogP contribution is -2.37. The van der Waals surface area contributed by atoms with Gasteiger partial charge in [0.1, 0.15) is 10.0 Å². The fourth-order valence-electron chi connectivity index (χ4n) is 2.43. The average Bonchev–Trinajstić information content (AvgIpc) is 2.45. The van der Waals surface area contributed by atoms with Crippen LogP contribution in [0.25, 0.3) is 0 Å². The molecule has 0 N–H and O–H groups in total. The molecule has 0 saturated carbocycles. The van der Waals surface area contributed by atoms with Crippen molar-refractivity contribution in [3.63, 3.8) is 0 Å². The summed E-state index contributed by atoms with van der Waals surface area (Å²) >= 11 is 5.92. The summed E-state index contributed by atoms with van der Waals surface area (Å²) in [5.41, 5.74) is 3.24. The van der Waals surface area contributed by atoms with E-state index in [-0.39, 0.29) is 10.9 Å². The summed E-state index contributed by atoms with van der Waals surface area (Å²) in [4.78, 5) is 4.13. The highest BCUT2D eigenvalue weighted by Gasteiger charge is 2.29. The molecule has 0 saturated heterocycles. The number of sulfonamides is 1. The van der Waals surface area contributed by atoms with Crippen molar-refractivity contribution in [2.45, 2.75) is 45.6 Å². The van der Waals surface area contributed by atoms with Gasteiger partial charge in [-0.2, -0.15) is 0 Å². The van der Waals surface area contributed by atoms with E-state index in [1.807, 2.05) is 45.9 Å². The molecule has 0 aliphatic carbocycles. The van der Waals surface area contributed by atoms with Gasteiger partial charge in [-0.05, 0) is 63.4 Å². The van der Waals surface area contributed by atoms with Gasteiger partial charge < -0.3 is 0 Å². The zero-order chi connectivity index (χ0) is 17.4. The van der Waals surface area contributed by atoms with E-state index in [2.05, 4.69) is 4.98 Å². The Kier molecular flexibility index (Phi) is 5.01. The Bertz CT molecular complexity index is 832. The maximum absolute atomic E-state index is 13.1. The Balaban J connectivity index is 2.64. The molecule has 23 heavy (non-hydrogen) atoms. The van der Waals surface area contributed by atoms with Crippen LogP contribution >= 0.6 is 11.6 Å². The number of hydrogen-bond acceptors (Lipinski definition) is 3. The molecular formula is C17H21ClN2O2S. The van der Waals surface area contributed by atoms with Crippen LogP contribution in [0.4, 0.5) is 5.69 Å². The molecule has 1 aromatic carbocycles. The second-order valence-electron chi connectivity index (χ2n) is 5.96. The number of benzene rings is 1. The van der Waals surface area contributed by atoms with Crippen LogP contribution in [0.1, 0.15) is 30.5 Å². The minimum atomic E-state index is -3.72. The number of rotatable bonds is 4. The van der Waals surface area contributed by atoms with Gasteiger partial charge >= 0.3 is 0 Å². The zero-order valence-corrected chi connectivity index (χ0v) is 15.5. The average molecular weight is 353 g/mol. The Morgan fingerprint density at radius 1 is 1.09 bits per heavy atom. The molecule has 0 fully saturated rings. The van der Waals surface area contributed by atoms with E-state index in [1.165, 1.54) is 10.5 Å². The summed E-state index contributed by atoms with van der Waals surface area (Å²) in [5, 5.41) is 0.312. The quantitative estimate of drug-likeness (QED) is 0.772. The predicted molar refractivity (Wildman–Crippen MR) is 94.7 cm³/mol. The molecule has 0 bridgehead atoms. The topological polar surface area (TPSA) is 50.3 Å². The fraction of sp³-hybridized carbons (Fsp3) is 0.353. The first kappa shape index (κ1) is 17.8. The van der Waals surface area contributed by atoms with Crippen LogP contribution in [0.15, 0.2) is 35.4 Å². The first-order valence-electron chi connectivity index (χ1n) is 7.38. The second-order valence-corrected chi connectivity index (χ2v) is 8.14. The maximum atomic E-state index is 13.1. The number of aromatic nitrogens is 1. The van der Waals surface area contributed by atoms with Crippen molar-refractivity contribution >= 4 is 27.3 Å². The van der Waals surface area contributed by atoms with Crippen molar-refractivity contribution in [1.82, 2.24) is 4.98 Å². The van der Waals surface area contributed by atoms with E-state index in [9.17, 15) is 8.42 Å². The summed E-state index contributed by atoms with van der Waals surface area (Å²) in [6.45, 7) is 9.31. The largest absolute Gasteiger partial charge is 0.266 e. The van der Waals surface area contributed by atoms with Crippen molar-refractivity contribution < 1.29 is 8.42 Å². The van der Waals surface area contributed by atoms with Crippen LogP contribution in [0.3, 0.4) is 0 Å². The van der Waals surface area contributed by atoms with Gasteiger partial charge in [-0.1, -0.05) is 23.7 Å². The number of hydrogen-bond donors (Lipinski definition) is 0. The fourth-order valence-corrected chi connectivity index (χ4v) is 4.28. The minimum Gasteiger partial charge on any atom is -0.264 e. The first-order chi connectivity index (χ1) is 10.6. The van der Waals surface area contributed by atoms with Crippen LogP contribution < -0.4 is 4.31 Å². The van der Waals surface area contributed by atoms with Gasteiger partial charge in [0.2, 0.25) is 0 Å². The van der Waals surface area contributed by atoms with Crippen LogP contribution in [-0.4, -0.2) is 19.4 Å². The van der Waals surface area contributed by atoms with Crippen molar-refractivity contribution in [2.24, 2.45) is 0 Å². The van der Waals surface area contributed by atoms with Crippen molar-refractivity contribution in [3.8, 4) is 0 Å². The predicted octanol–water partition coefficient (Wildman–Crippen LogP) is 4.26. The molecule has 124 valence electrons. The number of aryl methyl sites for hydroxylation is 3. The third-order valence-electron chi connectivity index (χ3n) is 3.62. The van der Waals surface area contributed by atoms with Gasteiger partial charge in [-0.25, -0.2) is 13.4 Å². The van der Waals surface area contributed by atoms with E-state index in [0.717, 1.165) is 11.1 Å². The maximum Gasteiger partial charge on any atom is 0.266 e. The summed E-state index contributed by atoms with van der Waals surface area (Å²) in [7, 11) is -3.72. The van der Waals surface area contributed by atoms with Crippen molar-refractivity contribution in [2.75, 3.05) is 4.31 Å². The number of halogens is 1. The summed E-state index contributed by atoms with van der Waals surface area (Å²) in [6.07, 6.45) is 1.31. The summed E-state index contributed by atoms with van der Waals surface area (Å²) in [5.74, 6) is 0. The Hall–Kier alpha value is -1.59. The van der Waals surface area contributed by atoms with Gasteiger partial charge in [-0.15, -0.1) is 0 Å². The Morgan fingerprint density at radius 2 is 1.74 bits per heavy atom. The van der Waals surface area contributed by atoms with Crippen LogP contribution in [0, 0.1) is 20.8 Å². The molecule has 1 aromatic heterocycles. The number of nitrogens with zero attached hydrogens (tertiary/aromatic N) is 2. The molecule has 2 aromatic rings. The monoisotopic (exact) mass is 352 g/mol. The van der Waals surface area contributed by atoms with Gasteiger partial charge in [0.25, 0.3) is 10.0 Å². The van der Waals surface area contributed by atoms with Gasteiger partial charge in [0, 0.05) is 12.2 Å². The zero-order valence-electron chi connectivity index (χ0n) is 14.0. The Morgan fingerprint density at radius 3 is 2.30 bits per heavy atom. The Labute approximate surface area is 143 Å². The highest BCUT2D eigenvalue weighted by Crippen LogP contribution is 2.30. The van der Waals surface area contributed by atoms with E-state index in [0.29, 0.717) is 16.4 Å². The molecule has 0 amide bonds. The van der Waals surface area contributed by atoms with E-state index >= 15 is 0 Å². The lowest BCUT2D eigenvalue weighted by molar-refractivity contribution is 0.583. The molecule has 0 aliphatic heterocycles. The second kappa shape index (κ2) is 6.49. The summed E-state index contributed by atoms with van der Waals surface area (Å²) < 4.78 is 27.7. The highest BCUT2D eigenvalue weighted by atomic mass is 35.5. The van der Waals surface area contributed by atoms with Crippen molar-refractivity contribution in [1.29, 1.82) is 0 Å². The molecule has 1 heterocycles. The van der Waals surface area contributed by atoms with Crippen LogP contribution in [0.2, 0.25) is 5.15 Å². The lowest BCUT2D eigenvalue weighted by Gasteiger charge is -2.30. The number of anilines is 1. The van der Waals surface area contributed by atoms with Crippen molar-refractivity contribution in [3.05, 3.63) is 52.3 Å². The third kappa shape index (κ3) is 3.51. The van der Waals surface area contributed by atoms with Crippen LogP contribution in [-0.2, 0) is 10.0 Å². The van der Waals surface area contributed by atoms with E-state index < -0.39 is 10.0 Å². The molecule has 0 aliphatic rings. The third-order valence-corrected chi connectivity index (χ3v) is 5.97. The molecule has 0 atom stereocenters. The smallest absolute Gasteiger partial charge is 0.264 e. The van der Waals surface area contributed by atoms with Gasteiger partial charge in [0.05, 0.1) is 5.69 Å². The molecule has 0 radical (unpaired) electrons. The van der Waals surface area contributed by atoms with Crippen LogP contribution in [0.5, 0.6) is 0 Å².